The average molecular weight is 166 g/mol. The van der Waals surface area contributed by atoms with E-state index in [1.165, 1.54) is 7.11 Å². The van der Waals surface area contributed by atoms with Crippen LogP contribution in [0.5, 0.6) is 0 Å². The molecule has 0 aromatic heterocycles. The highest BCUT2D eigenvalue weighted by atomic mass is 35.5. The fourth-order valence-electron chi connectivity index (χ4n) is 0.616. The van der Waals surface area contributed by atoms with Gasteiger partial charge in [0.05, 0.1) is 0 Å². The molecular weight excluding hydrogens is 154 g/mol. The number of rotatable bonds is 4. The summed E-state index contributed by atoms with van der Waals surface area (Å²) in [5, 5.41) is 2.48. The molecule has 0 bridgehead atoms. The van der Waals surface area contributed by atoms with Crippen molar-refractivity contribution in [1.29, 1.82) is 0 Å². The molecule has 0 saturated heterocycles. The fraction of sp³-hybridized carbons (Fsp3) is 0.833. The van der Waals surface area contributed by atoms with Crippen LogP contribution in [0.1, 0.15) is 6.42 Å². The number of alkyl halides is 1. The number of carbonyl (C=O) groups excluding carboxylic acids is 1. The maximum absolute atomic E-state index is 10.8. The molecule has 0 saturated carbocycles. The summed E-state index contributed by atoms with van der Waals surface area (Å²) in [4.78, 5) is 10.8. The summed E-state index contributed by atoms with van der Waals surface area (Å²) in [5.74, 6) is 0.314. The minimum Gasteiger partial charge on any atom is -0.372 e. The molecule has 0 aromatic rings. The molecule has 1 N–H and O–H groups in total. The smallest absolute Gasteiger partial charge is 0.248 e. The van der Waals surface area contributed by atoms with Crippen LogP contribution in [0.25, 0.3) is 0 Å². The molecule has 1 atom stereocenters. The minimum atomic E-state index is -0.400. The van der Waals surface area contributed by atoms with Gasteiger partial charge in [0.1, 0.15) is 6.10 Å². The molecule has 0 heterocycles. The molecule has 0 aliphatic carbocycles. The van der Waals surface area contributed by atoms with Crippen molar-refractivity contribution in [2.75, 3.05) is 20.0 Å². The number of carbonyl (C=O) groups is 1. The Labute approximate surface area is 65.7 Å². The first-order chi connectivity index (χ1) is 4.76. The maximum atomic E-state index is 10.8. The molecular formula is C6H12ClNO2. The van der Waals surface area contributed by atoms with E-state index in [9.17, 15) is 4.79 Å². The van der Waals surface area contributed by atoms with Gasteiger partial charge in [0.15, 0.2) is 0 Å². The van der Waals surface area contributed by atoms with Crippen molar-refractivity contribution in [2.24, 2.45) is 0 Å². The topological polar surface area (TPSA) is 38.3 Å². The second-order valence-electron chi connectivity index (χ2n) is 1.82. The van der Waals surface area contributed by atoms with Crippen LogP contribution in [0.4, 0.5) is 0 Å². The summed E-state index contributed by atoms with van der Waals surface area (Å²) in [7, 11) is 3.06. The Morgan fingerprint density at radius 2 is 2.40 bits per heavy atom. The van der Waals surface area contributed by atoms with Gasteiger partial charge in [0.25, 0.3) is 0 Å². The standard InChI is InChI=1S/C6H12ClNO2/c1-8-6(9)5(10-2)3-4-7/h5H,3-4H2,1-2H3,(H,8,9). The molecule has 4 heteroatoms. The third-order valence-electron chi connectivity index (χ3n) is 1.19. The SMILES string of the molecule is CNC(=O)C(CCCl)OC. The summed E-state index contributed by atoms with van der Waals surface area (Å²) in [6.07, 6.45) is 0.153. The van der Waals surface area contributed by atoms with Crippen molar-refractivity contribution in [2.45, 2.75) is 12.5 Å². The molecule has 0 fully saturated rings. The van der Waals surface area contributed by atoms with Gasteiger partial charge in [-0.25, -0.2) is 0 Å². The Bertz CT molecular complexity index is 108. The summed E-state index contributed by atoms with van der Waals surface area (Å²) in [6.45, 7) is 0. The van der Waals surface area contributed by atoms with Crippen molar-refractivity contribution in [3.63, 3.8) is 0 Å². The summed E-state index contributed by atoms with van der Waals surface area (Å²) < 4.78 is 4.85. The van der Waals surface area contributed by atoms with Crippen LogP contribution in [0, 0.1) is 0 Å². The van der Waals surface area contributed by atoms with Crippen LogP contribution >= 0.6 is 11.6 Å². The van der Waals surface area contributed by atoms with Crippen molar-refractivity contribution in [3.05, 3.63) is 0 Å². The third kappa shape index (κ3) is 3.03. The number of halogens is 1. The van der Waals surface area contributed by atoms with E-state index in [0.717, 1.165) is 0 Å². The largest absolute Gasteiger partial charge is 0.372 e. The Hall–Kier alpha value is -0.280. The fourth-order valence-corrected chi connectivity index (χ4v) is 0.814. The lowest BCUT2D eigenvalue weighted by molar-refractivity contribution is -0.130. The van der Waals surface area contributed by atoms with Gasteiger partial charge in [-0.3, -0.25) is 4.79 Å². The second-order valence-corrected chi connectivity index (χ2v) is 2.19. The Morgan fingerprint density at radius 1 is 1.80 bits per heavy atom. The minimum absolute atomic E-state index is 0.122. The van der Waals surface area contributed by atoms with E-state index >= 15 is 0 Å². The normalized spacial score (nSPS) is 12.7. The molecule has 60 valence electrons. The Morgan fingerprint density at radius 3 is 2.70 bits per heavy atom. The zero-order valence-electron chi connectivity index (χ0n) is 6.19. The zero-order chi connectivity index (χ0) is 7.98. The number of hydrogen-bond acceptors (Lipinski definition) is 2. The summed E-state index contributed by atoms with van der Waals surface area (Å²) >= 11 is 5.42. The van der Waals surface area contributed by atoms with E-state index in [4.69, 9.17) is 16.3 Å². The molecule has 0 aliphatic heterocycles. The van der Waals surface area contributed by atoms with E-state index < -0.39 is 6.10 Å². The highest BCUT2D eigenvalue weighted by Gasteiger charge is 2.14. The highest BCUT2D eigenvalue weighted by molar-refractivity contribution is 6.18. The monoisotopic (exact) mass is 165 g/mol. The van der Waals surface area contributed by atoms with Crippen LogP contribution in [0.2, 0.25) is 0 Å². The summed E-state index contributed by atoms with van der Waals surface area (Å²) in [6, 6.07) is 0. The van der Waals surface area contributed by atoms with Gasteiger partial charge in [-0.1, -0.05) is 0 Å². The van der Waals surface area contributed by atoms with Crippen LogP contribution in [0.15, 0.2) is 0 Å². The van der Waals surface area contributed by atoms with E-state index in [-0.39, 0.29) is 5.91 Å². The number of likely N-dealkylation sites (N-methyl/N-ethyl adjacent to an activating group) is 1. The average Bonchev–Trinajstić information content (AvgIpc) is 1.99. The van der Waals surface area contributed by atoms with Gasteiger partial charge < -0.3 is 10.1 Å². The molecule has 0 spiro atoms. The third-order valence-corrected chi connectivity index (χ3v) is 1.41. The number of methoxy groups -OCH3 is 1. The first-order valence-corrected chi connectivity index (χ1v) is 3.60. The molecule has 0 radical (unpaired) electrons. The van der Waals surface area contributed by atoms with Crippen molar-refractivity contribution in [1.82, 2.24) is 5.32 Å². The lowest BCUT2D eigenvalue weighted by Gasteiger charge is -2.10. The van der Waals surface area contributed by atoms with Crippen LogP contribution in [-0.4, -0.2) is 32.0 Å². The van der Waals surface area contributed by atoms with E-state index in [1.54, 1.807) is 7.05 Å². The van der Waals surface area contributed by atoms with Gasteiger partial charge in [-0.15, -0.1) is 11.6 Å². The highest BCUT2D eigenvalue weighted by Crippen LogP contribution is 1.98. The number of nitrogens with one attached hydrogen (secondary N) is 1. The van der Waals surface area contributed by atoms with Crippen LogP contribution in [-0.2, 0) is 9.53 Å². The van der Waals surface area contributed by atoms with E-state index in [0.29, 0.717) is 12.3 Å². The summed E-state index contributed by atoms with van der Waals surface area (Å²) in [5.41, 5.74) is 0. The lowest BCUT2D eigenvalue weighted by Crippen LogP contribution is -2.33. The van der Waals surface area contributed by atoms with Gasteiger partial charge in [0, 0.05) is 20.0 Å². The molecule has 0 rings (SSSR count). The molecule has 10 heavy (non-hydrogen) atoms. The predicted octanol–water partition coefficient (Wildman–Crippen LogP) is 0.376. The number of amides is 1. The predicted molar refractivity (Wildman–Crippen MR) is 40.2 cm³/mol. The van der Waals surface area contributed by atoms with Crippen molar-refractivity contribution in [3.8, 4) is 0 Å². The van der Waals surface area contributed by atoms with Crippen LogP contribution in [0.3, 0.4) is 0 Å². The zero-order valence-corrected chi connectivity index (χ0v) is 6.94. The molecule has 3 nitrogen and oxygen atoms in total. The van der Waals surface area contributed by atoms with Gasteiger partial charge >= 0.3 is 0 Å². The van der Waals surface area contributed by atoms with Gasteiger partial charge in [0.2, 0.25) is 5.91 Å². The first-order valence-electron chi connectivity index (χ1n) is 3.06. The van der Waals surface area contributed by atoms with Crippen molar-refractivity contribution >= 4 is 17.5 Å². The number of ether oxygens (including phenoxy) is 1. The van der Waals surface area contributed by atoms with Crippen molar-refractivity contribution < 1.29 is 9.53 Å². The van der Waals surface area contributed by atoms with Crippen LogP contribution < -0.4 is 5.32 Å². The molecule has 0 aromatic carbocycles. The Kier molecular flexibility index (Phi) is 5.35. The molecule has 0 aliphatic rings. The Balaban J connectivity index is 3.68. The molecule has 1 amide bonds. The quantitative estimate of drug-likeness (QED) is 0.612. The number of hydrogen-bond donors (Lipinski definition) is 1. The lowest BCUT2D eigenvalue weighted by atomic mass is 10.2. The van der Waals surface area contributed by atoms with Gasteiger partial charge in [-0.05, 0) is 6.42 Å². The molecule has 1 unspecified atom stereocenters. The van der Waals surface area contributed by atoms with Gasteiger partial charge in [-0.2, -0.15) is 0 Å². The second kappa shape index (κ2) is 5.50. The van der Waals surface area contributed by atoms with E-state index in [2.05, 4.69) is 5.32 Å². The van der Waals surface area contributed by atoms with E-state index in [1.807, 2.05) is 0 Å². The maximum Gasteiger partial charge on any atom is 0.248 e. The first kappa shape index (κ1) is 9.72.